The zero-order valence-electron chi connectivity index (χ0n) is 19.6. The first-order valence-electron chi connectivity index (χ1n) is 12.0. The number of hydrogen-bond acceptors (Lipinski definition) is 4. The van der Waals surface area contributed by atoms with Gasteiger partial charge in [0.15, 0.2) is 0 Å². The highest BCUT2D eigenvalue weighted by Crippen LogP contribution is 2.41. The van der Waals surface area contributed by atoms with Gasteiger partial charge >= 0.3 is 0 Å². The molecule has 2 aromatic carbocycles. The van der Waals surface area contributed by atoms with E-state index in [4.69, 9.17) is 9.47 Å². The standard InChI is InChI=1S/C27H34N2O4/c1-3-4-15-29-25(30)14-13-22(26(29)21-10-6-8-12-24(21)32-2)27(31)28-17-19-16-20-9-5-7-11-23(20)33-18-19/h5-12,19,22,26H,3-4,13-18H2,1-2H3,(H,28,31). The molecule has 2 aromatic rings. The van der Waals surface area contributed by atoms with Gasteiger partial charge in [0.25, 0.3) is 0 Å². The van der Waals surface area contributed by atoms with Crippen molar-refractivity contribution in [3.8, 4) is 11.5 Å². The number of benzene rings is 2. The highest BCUT2D eigenvalue weighted by atomic mass is 16.5. The molecule has 1 N–H and O–H groups in total. The number of rotatable bonds is 8. The van der Waals surface area contributed by atoms with Gasteiger partial charge in [-0.3, -0.25) is 9.59 Å². The fraction of sp³-hybridized carbons (Fsp3) is 0.481. The fourth-order valence-corrected chi connectivity index (χ4v) is 5.01. The summed E-state index contributed by atoms with van der Waals surface area (Å²) in [5, 5.41) is 3.18. The molecule has 3 atom stereocenters. The van der Waals surface area contributed by atoms with Gasteiger partial charge in [-0.05, 0) is 37.0 Å². The Bertz CT molecular complexity index is 976. The average Bonchev–Trinajstić information content (AvgIpc) is 2.86. The summed E-state index contributed by atoms with van der Waals surface area (Å²) in [7, 11) is 1.63. The molecule has 0 aromatic heterocycles. The molecule has 3 unspecified atom stereocenters. The molecule has 0 bridgehead atoms. The van der Waals surface area contributed by atoms with E-state index in [1.807, 2.05) is 47.4 Å². The number of piperidine rings is 1. The van der Waals surface area contributed by atoms with E-state index < -0.39 is 0 Å². The van der Waals surface area contributed by atoms with Crippen LogP contribution in [0.5, 0.6) is 11.5 Å². The lowest BCUT2D eigenvalue weighted by molar-refractivity contribution is -0.143. The van der Waals surface area contributed by atoms with Crippen LogP contribution in [0.4, 0.5) is 0 Å². The molecular weight excluding hydrogens is 416 g/mol. The fourth-order valence-electron chi connectivity index (χ4n) is 5.01. The minimum absolute atomic E-state index is 0.00115. The molecule has 33 heavy (non-hydrogen) atoms. The lowest BCUT2D eigenvalue weighted by Gasteiger charge is -2.41. The summed E-state index contributed by atoms with van der Waals surface area (Å²) in [6, 6.07) is 15.5. The number of likely N-dealkylation sites (tertiary alicyclic amines) is 1. The first-order valence-corrected chi connectivity index (χ1v) is 12.0. The minimum Gasteiger partial charge on any atom is -0.496 e. The number of carbonyl (C=O) groups excluding carboxylic acids is 2. The van der Waals surface area contributed by atoms with Crippen LogP contribution in [-0.4, -0.2) is 43.5 Å². The molecule has 1 saturated heterocycles. The SMILES string of the molecule is CCCCN1C(=O)CCC(C(=O)NCC2COc3ccccc3C2)C1c1ccccc1OC. The van der Waals surface area contributed by atoms with Gasteiger partial charge in [-0.2, -0.15) is 0 Å². The highest BCUT2D eigenvalue weighted by molar-refractivity contribution is 5.85. The van der Waals surface area contributed by atoms with E-state index in [1.54, 1.807) is 7.11 Å². The molecule has 2 amide bonds. The molecule has 0 radical (unpaired) electrons. The zero-order valence-corrected chi connectivity index (χ0v) is 19.6. The number of carbonyl (C=O) groups is 2. The highest BCUT2D eigenvalue weighted by Gasteiger charge is 2.41. The lowest BCUT2D eigenvalue weighted by Crippen LogP contribution is -2.49. The number of nitrogens with zero attached hydrogens (tertiary/aromatic N) is 1. The summed E-state index contributed by atoms with van der Waals surface area (Å²) < 4.78 is 11.5. The maximum atomic E-state index is 13.5. The Morgan fingerprint density at radius 2 is 1.97 bits per heavy atom. The second-order valence-electron chi connectivity index (χ2n) is 9.01. The van der Waals surface area contributed by atoms with Crippen molar-refractivity contribution in [2.24, 2.45) is 11.8 Å². The monoisotopic (exact) mass is 450 g/mol. The Balaban J connectivity index is 1.51. The summed E-state index contributed by atoms with van der Waals surface area (Å²) in [5.74, 6) is 1.68. The normalized spacial score (nSPS) is 22.3. The number of para-hydroxylation sites is 2. The third kappa shape index (κ3) is 5.15. The topological polar surface area (TPSA) is 67.9 Å². The van der Waals surface area contributed by atoms with E-state index >= 15 is 0 Å². The van der Waals surface area contributed by atoms with Gasteiger partial charge in [0.1, 0.15) is 11.5 Å². The smallest absolute Gasteiger partial charge is 0.225 e. The predicted molar refractivity (Wildman–Crippen MR) is 127 cm³/mol. The molecule has 6 nitrogen and oxygen atoms in total. The van der Waals surface area contributed by atoms with Crippen LogP contribution in [0.3, 0.4) is 0 Å². The molecular formula is C27H34N2O4. The van der Waals surface area contributed by atoms with Crippen LogP contribution < -0.4 is 14.8 Å². The van der Waals surface area contributed by atoms with Gasteiger partial charge < -0.3 is 19.7 Å². The number of fused-ring (bicyclic) bond motifs is 1. The third-order valence-corrected chi connectivity index (χ3v) is 6.77. The maximum Gasteiger partial charge on any atom is 0.225 e. The summed E-state index contributed by atoms with van der Waals surface area (Å²) in [6.07, 6.45) is 3.72. The van der Waals surface area contributed by atoms with Crippen molar-refractivity contribution in [1.29, 1.82) is 0 Å². The Morgan fingerprint density at radius 1 is 1.18 bits per heavy atom. The number of nitrogens with one attached hydrogen (secondary N) is 1. The first kappa shape index (κ1) is 23.1. The lowest BCUT2D eigenvalue weighted by atomic mass is 9.82. The number of methoxy groups -OCH3 is 1. The first-order chi connectivity index (χ1) is 16.1. The van der Waals surface area contributed by atoms with E-state index in [2.05, 4.69) is 18.3 Å². The van der Waals surface area contributed by atoms with Crippen molar-refractivity contribution >= 4 is 11.8 Å². The van der Waals surface area contributed by atoms with E-state index in [0.717, 1.165) is 30.6 Å². The molecule has 6 heteroatoms. The van der Waals surface area contributed by atoms with Crippen LogP contribution in [0.15, 0.2) is 48.5 Å². The second-order valence-corrected chi connectivity index (χ2v) is 9.01. The Morgan fingerprint density at radius 3 is 2.79 bits per heavy atom. The quantitative estimate of drug-likeness (QED) is 0.656. The van der Waals surface area contributed by atoms with Crippen molar-refractivity contribution < 1.29 is 19.1 Å². The van der Waals surface area contributed by atoms with Crippen molar-refractivity contribution in [3.05, 3.63) is 59.7 Å². The summed E-state index contributed by atoms with van der Waals surface area (Å²) in [4.78, 5) is 28.3. The number of amides is 2. The van der Waals surface area contributed by atoms with Crippen LogP contribution in [0.2, 0.25) is 0 Å². The van der Waals surface area contributed by atoms with Crippen molar-refractivity contribution in [1.82, 2.24) is 10.2 Å². The molecule has 0 aliphatic carbocycles. The van der Waals surface area contributed by atoms with Crippen LogP contribution in [0.1, 0.15) is 49.8 Å². The molecule has 1 fully saturated rings. The van der Waals surface area contributed by atoms with Crippen molar-refractivity contribution in [3.63, 3.8) is 0 Å². The van der Waals surface area contributed by atoms with Crippen molar-refractivity contribution in [2.75, 3.05) is 26.8 Å². The van der Waals surface area contributed by atoms with Gasteiger partial charge in [-0.1, -0.05) is 49.7 Å². The maximum absolute atomic E-state index is 13.5. The summed E-state index contributed by atoms with van der Waals surface area (Å²) in [5.41, 5.74) is 2.09. The largest absolute Gasteiger partial charge is 0.496 e. The van der Waals surface area contributed by atoms with Gasteiger partial charge in [-0.25, -0.2) is 0 Å². The van der Waals surface area contributed by atoms with E-state index in [1.165, 1.54) is 5.56 Å². The second kappa shape index (κ2) is 10.7. The molecule has 4 rings (SSSR count). The van der Waals surface area contributed by atoms with Crippen LogP contribution in [0.25, 0.3) is 0 Å². The van der Waals surface area contributed by atoms with Gasteiger partial charge in [0, 0.05) is 31.0 Å². The zero-order chi connectivity index (χ0) is 23.2. The number of unbranched alkanes of at least 4 members (excludes halogenated alkanes) is 1. The molecule has 0 spiro atoms. The number of hydrogen-bond donors (Lipinski definition) is 1. The number of ether oxygens (including phenoxy) is 2. The van der Waals surface area contributed by atoms with E-state index in [-0.39, 0.29) is 29.7 Å². The molecule has 0 saturated carbocycles. The van der Waals surface area contributed by atoms with Crippen LogP contribution in [0, 0.1) is 11.8 Å². The minimum atomic E-state index is -0.322. The molecule has 176 valence electrons. The van der Waals surface area contributed by atoms with Gasteiger partial charge in [0.2, 0.25) is 11.8 Å². The van der Waals surface area contributed by atoms with Crippen molar-refractivity contribution in [2.45, 2.75) is 45.1 Å². The predicted octanol–water partition coefficient (Wildman–Crippen LogP) is 4.14. The van der Waals surface area contributed by atoms with E-state index in [0.29, 0.717) is 38.3 Å². The molecule has 2 aliphatic heterocycles. The molecule has 2 aliphatic rings. The Kier molecular flexibility index (Phi) is 7.53. The Hall–Kier alpha value is -3.02. The van der Waals surface area contributed by atoms with Gasteiger partial charge in [-0.15, -0.1) is 0 Å². The van der Waals surface area contributed by atoms with E-state index in [9.17, 15) is 9.59 Å². The van der Waals surface area contributed by atoms with Gasteiger partial charge in [0.05, 0.1) is 25.7 Å². The summed E-state index contributed by atoms with van der Waals surface area (Å²) in [6.45, 7) is 3.92. The molecule has 2 heterocycles. The Labute approximate surface area is 196 Å². The van der Waals surface area contributed by atoms with Crippen LogP contribution in [-0.2, 0) is 16.0 Å². The summed E-state index contributed by atoms with van der Waals surface area (Å²) >= 11 is 0. The van der Waals surface area contributed by atoms with Crippen LogP contribution >= 0.6 is 0 Å². The third-order valence-electron chi connectivity index (χ3n) is 6.77. The average molecular weight is 451 g/mol.